The molecule has 5 fully saturated rings. The fourth-order valence-corrected chi connectivity index (χ4v) is 16.9. The van der Waals surface area contributed by atoms with Crippen LogP contribution in [-0.2, 0) is 102 Å². The van der Waals surface area contributed by atoms with Crippen molar-refractivity contribution in [1.29, 1.82) is 0 Å². The van der Waals surface area contributed by atoms with Gasteiger partial charge in [-0.1, -0.05) is 360 Å². The molecule has 10 heterocycles. The van der Waals surface area contributed by atoms with Gasteiger partial charge < -0.3 is 96.6 Å². The van der Waals surface area contributed by atoms with E-state index in [-0.39, 0.29) is 109 Å². The molecular weight excluding hydrogens is 1950 g/mol. The van der Waals surface area contributed by atoms with E-state index in [0.717, 1.165) is 61.7 Å². The number of unbranched alkanes of at least 4 members (excludes halogenated alkanes) is 6. The van der Waals surface area contributed by atoms with Crippen molar-refractivity contribution in [1.82, 2.24) is 48.5 Å². The Morgan fingerprint density at radius 1 is 0.231 bits per heavy atom. The molecule has 0 saturated carbocycles. The first-order valence-corrected chi connectivity index (χ1v) is 43.0. The van der Waals surface area contributed by atoms with Crippen molar-refractivity contribution in [3.05, 3.63) is 277 Å². The van der Waals surface area contributed by atoms with Crippen LogP contribution in [0.4, 0.5) is 57.5 Å². The van der Waals surface area contributed by atoms with Crippen LogP contribution in [0.15, 0.2) is 243 Å². The van der Waals surface area contributed by atoms with E-state index < -0.39 is 0 Å². The molecule has 0 bridgehead atoms. The molecule has 0 unspecified atom stereocenters. The van der Waals surface area contributed by atoms with Gasteiger partial charge in [0.15, 0.2) is 34.9 Å². The molecule has 0 N–H and O–H groups in total. The van der Waals surface area contributed by atoms with E-state index in [1.807, 2.05) is 61.3 Å². The first kappa shape index (κ1) is 104. The quantitative estimate of drug-likeness (QED) is 0.0306. The second-order valence-corrected chi connectivity index (χ2v) is 31.2. The van der Waals surface area contributed by atoms with Gasteiger partial charge in [0.25, 0.3) is 34.9 Å². The van der Waals surface area contributed by atoms with Crippen molar-refractivity contribution >= 4 is 127 Å². The predicted molar refractivity (Wildman–Crippen MR) is 506 cm³/mol. The van der Waals surface area contributed by atoms with E-state index >= 15 is 0 Å². The van der Waals surface area contributed by atoms with Gasteiger partial charge in [-0.3, -0.25) is 33.3 Å². The minimum atomic E-state index is 0. The van der Waals surface area contributed by atoms with E-state index in [4.69, 9.17) is 0 Å². The molecular formula is C86H122B10N20Pd5. The largest absolute Gasteiger partial charge is 2.00 e. The molecule has 0 radical (unpaired) electrons. The molecule has 121 heavy (non-hydrogen) atoms. The zero-order valence-electron chi connectivity index (χ0n) is 73.8. The van der Waals surface area contributed by atoms with Crippen LogP contribution in [0.3, 0.4) is 0 Å². The number of rotatable bonds is 25. The number of hydrogen-bond donors (Lipinski definition) is 0. The zero-order chi connectivity index (χ0) is 82.0. The van der Waals surface area contributed by atoms with E-state index in [1.165, 1.54) is 86.2 Å². The van der Waals surface area contributed by atoms with Gasteiger partial charge in [-0.15, -0.1) is 0 Å². The predicted octanol–water partition coefficient (Wildman–Crippen LogP) is 17.5. The molecule has 10 aromatic rings. The Labute approximate surface area is 801 Å². The standard InChI is InChI=1S/C19H28B2N4.C18H26B2N4.C17H24B2N4.2C16H22B2N4.5Pd/c1-4-5-6-10-16-25-20(2)23(18-12-8-7-9-13-18)17-24(21(25)3)19-14-11-15-22-19;1-4-5-9-15-24-19(2)22(17-11-7-6-8-12-17)16-23(20(24)3)18-13-10-14-21-18;1-4-5-14-23-18(2)21(16-10-7-6-8-11-16)15-22(19(23)3)17-12-9-13-20-17;1-14(2)22-17(3)20(15-9-6-5-7-10-15)13-21(18(22)4)16-11-8-12-19-16;1-4-13-22-17(2)20(15-9-6-5-7-10-15)14-21(18(22)3)16-11-8-12-19-16;;;;;/h7-9,11-15,17H,4-6,10,16H2,1-3H3;6-8,10-14,16H,4-5,9,15H2,1-3H3;6-13,15H,4-5,14H2,1-3H3;5-14H,1-4H3;5-12,14H,4,13H2,1-3H3;;;;;/q5*-2;5*+2. The Morgan fingerprint density at radius 3 is 0.669 bits per heavy atom. The van der Waals surface area contributed by atoms with Crippen LogP contribution in [0.25, 0.3) is 0 Å². The molecule has 0 aliphatic carbocycles. The normalized spacial score (nSPS) is 15.6. The summed E-state index contributed by atoms with van der Waals surface area (Å²) < 4.78 is 12.7. The van der Waals surface area contributed by atoms with Gasteiger partial charge in [-0.25, -0.2) is 0 Å². The number of nitrogens with zero attached hydrogens (tertiary/aromatic N) is 20. The fraction of sp³-hybridized carbons (Fsp3) is 0.360. The average molecular weight is 2080 g/mol. The summed E-state index contributed by atoms with van der Waals surface area (Å²) >= 11 is 0. The van der Waals surface area contributed by atoms with Gasteiger partial charge in [0.2, 0.25) is 0 Å². The smallest absolute Gasteiger partial charge is 0.615 e. The van der Waals surface area contributed by atoms with Crippen molar-refractivity contribution in [3.8, 4) is 0 Å². The summed E-state index contributed by atoms with van der Waals surface area (Å²) in [6.45, 7) is 54.6. The van der Waals surface area contributed by atoms with Crippen LogP contribution in [0.5, 0.6) is 0 Å². The van der Waals surface area contributed by atoms with Gasteiger partial charge >= 0.3 is 102 Å². The Kier molecular flexibility index (Phi) is 45.6. The summed E-state index contributed by atoms with van der Waals surface area (Å²) in [5.74, 6) is 5.02. The minimum absolute atomic E-state index is 0. The second kappa shape index (κ2) is 53.0. The molecule has 646 valence electrons. The van der Waals surface area contributed by atoms with E-state index in [9.17, 15) is 0 Å². The number of benzene rings is 5. The molecule has 5 aromatic heterocycles. The molecule has 5 aliphatic rings. The summed E-state index contributed by atoms with van der Waals surface area (Å²) in [7, 11) is 0. The molecule has 5 aromatic carbocycles. The molecule has 5 saturated heterocycles. The maximum Gasteiger partial charge on any atom is 2.00 e. The molecule has 5 aliphatic heterocycles. The summed E-state index contributed by atoms with van der Waals surface area (Å²) in [5.41, 5.74) is 6.06. The molecule has 0 spiro atoms. The van der Waals surface area contributed by atoms with Crippen molar-refractivity contribution in [2.24, 2.45) is 0 Å². The third-order valence-corrected chi connectivity index (χ3v) is 23.4. The molecule has 35 heteroatoms. The Morgan fingerprint density at radius 2 is 0.438 bits per heavy atom. The molecule has 0 amide bonds. The Bertz CT molecular complexity index is 4270. The first-order chi connectivity index (χ1) is 56.5. The van der Waals surface area contributed by atoms with E-state index in [0.29, 0.717) is 68.9 Å². The van der Waals surface area contributed by atoms with Crippen molar-refractivity contribution in [2.45, 2.75) is 180 Å². The van der Waals surface area contributed by atoms with Crippen LogP contribution in [0, 0.1) is 33.3 Å². The topological polar surface area (TPSA) is 119 Å². The van der Waals surface area contributed by atoms with E-state index in [2.05, 4.69) is 422 Å². The molecule has 20 nitrogen and oxygen atoms in total. The summed E-state index contributed by atoms with van der Waals surface area (Å²) in [6.07, 6.45) is 21.7. The third kappa shape index (κ3) is 26.9. The molecule has 15 rings (SSSR count). The van der Waals surface area contributed by atoms with Crippen LogP contribution in [0.2, 0.25) is 68.2 Å². The number of para-hydroxylation sites is 5. The van der Waals surface area contributed by atoms with Crippen molar-refractivity contribution in [3.63, 3.8) is 0 Å². The fourth-order valence-electron chi connectivity index (χ4n) is 16.9. The van der Waals surface area contributed by atoms with Crippen LogP contribution >= 0.6 is 0 Å². The van der Waals surface area contributed by atoms with Gasteiger partial charge in [0, 0.05) is 0 Å². The monoisotopic (exact) mass is 2070 g/mol. The minimum Gasteiger partial charge on any atom is -0.615 e. The van der Waals surface area contributed by atoms with Gasteiger partial charge in [0.05, 0.1) is 0 Å². The van der Waals surface area contributed by atoms with Crippen molar-refractivity contribution in [2.75, 3.05) is 74.3 Å². The summed E-state index contributed by atoms with van der Waals surface area (Å²) in [5, 5.41) is 0. The second-order valence-electron chi connectivity index (χ2n) is 31.2. The SMILES string of the molecule is CB1N(c2ccccc2)[CH-]N(c2ccc[n-]2)B(C)N1C(C)C.CCCCCCN1B(C)N(c2ccccc2)[CH-]N(c2ccc[n-]2)B1C.CCCCCN1B(C)N(c2ccccc2)[CH-]N(c2ccc[n-]2)B1C.CCCCN1B(C)N(c2ccccc2)[CH-]N(c2ccc[n-]2)B1C.CCCN1B(C)N(c2ccccc2)[CH-]N(c2ccc[n-]2)B1C.[Pd+2].[Pd+2].[Pd+2].[Pd+2].[Pd+2]. The summed E-state index contributed by atoms with van der Waals surface area (Å²) in [6, 6.07) is 73.7. The third-order valence-electron chi connectivity index (χ3n) is 23.4. The Hall–Kier alpha value is -5.74. The molecule has 0 atom stereocenters. The van der Waals surface area contributed by atoms with E-state index in [1.54, 1.807) is 0 Å². The van der Waals surface area contributed by atoms with Gasteiger partial charge in [-0.2, -0.15) is 0 Å². The summed E-state index contributed by atoms with van der Waals surface area (Å²) in [4.78, 5) is 45.5. The number of hydrogen-bond acceptors (Lipinski definition) is 15. The first-order valence-electron chi connectivity index (χ1n) is 43.0. The van der Waals surface area contributed by atoms with Crippen LogP contribution < -0.4 is 73.0 Å². The van der Waals surface area contributed by atoms with Crippen LogP contribution in [-0.4, -0.2) is 126 Å². The zero-order valence-corrected chi connectivity index (χ0v) is 81.5. The van der Waals surface area contributed by atoms with Gasteiger partial charge in [-0.05, 0) is 147 Å². The average Bonchev–Trinajstić information content (AvgIpc) is 1.79. The Balaban J connectivity index is 0.000000232. The van der Waals surface area contributed by atoms with Crippen LogP contribution in [0.1, 0.15) is 106 Å². The maximum atomic E-state index is 4.53. The maximum absolute atomic E-state index is 4.53. The number of anilines is 10. The van der Waals surface area contributed by atoms with Gasteiger partial charge in [0.1, 0.15) is 0 Å². The van der Waals surface area contributed by atoms with Crippen molar-refractivity contribution < 1.29 is 102 Å². The number of aromatic nitrogens is 5.